The summed E-state index contributed by atoms with van der Waals surface area (Å²) in [5, 5.41) is 0. The van der Waals surface area contributed by atoms with Gasteiger partial charge in [-0.05, 0) is 18.9 Å². The molecule has 1 aliphatic carbocycles. The molecule has 2 fully saturated rings. The fraction of sp³-hybridized carbons (Fsp3) is 0.917. The summed E-state index contributed by atoms with van der Waals surface area (Å²) in [6.07, 6.45) is 4.55. The van der Waals surface area contributed by atoms with Crippen LogP contribution in [-0.2, 0) is 14.3 Å². The van der Waals surface area contributed by atoms with Crippen LogP contribution in [0, 0.1) is 5.92 Å². The molecule has 0 amide bonds. The molecule has 4 nitrogen and oxygen atoms in total. The number of hydrogen-bond donors (Lipinski definition) is 0. The lowest BCUT2D eigenvalue weighted by Crippen LogP contribution is -2.43. The van der Waals surface area contributed by atoms with Gasteiger partial charge in [-0.1, -0.05) is 12.8 Å². The van der Waals surface area contributed by atoms with Gasteiger partial charge in [0.05, 0.1) is 26.2 Å². The Morgan fingerprint density at radius 2 is 2.31 bits per heavy atom. The van der Waals surface area contributed by atoms with E-state index in [2.05, 4.69) is 9.64 Å². The molecular formula is C12H21NO3. The average molecular weight is 227 g/mol. The van der Waals surface area contributed by atoms with Gasteiger partial charge in [-0.3, -0.25) is 9.69 Å². The van der Waals surface area contributed by atoms with Gasteiger partial charge in [-0.15, -0.1) is 0 Å². The number of methoxy groups -OCH3 is 1. The topological polar surface area (TPSA) is 38.8 Å². The Balaban J connectivity index is 1.67. The predicted octanol–water partition coefficient (Wildman–Crippen LogP) is 1.05. The smallest absolute Gasteiger partial charge is 0.308 e. The summed E-state index contributed by atoms with van der Waals surface area (Å²) in [5.74, 6) is 0.802. The number of carbonyl (C=O) groups is 1. The normalized spacial score (nSPS) is 26.7. The minimum absolute atomic E-state index is 0.0282. The number of ether oxygens (including phenoxy) is 2. The lowest BCUT2D eigenvalue weighted by Gasteiger charge is -2.32. The molecule has 16 heavy (non-hydrogen) atoms. The summed E-state index contributed by atoms with van der Waals surface area (Å²) in [5.41, 5.74) is 0. The van der Waals surface area contributed by atoms with Gasteiger partial charge in [0.2, 0.25) is 0 Å². The van der Waals surface area contributed by atoms with Crippen molar-refractivity contribution in [3.05, 3.63) is 0 Å². The quantitative estimate of drug-likeness (QED) is 0.658. The molecule has 0 aromatic carbocycles. The first-order chi connectivity index (χ1) is 7.78. The second kappa shape index (κ2) is 5.64. The summed E-state index contributed by atoms with van der Waals surface area (Å²) in [4.78, 5) is 13.6. The Kier molecular flexibility index (Phi) is 4.18. The second-order valence-electron chi connectivity index (χ2n) is 4.81. The fourth-order valence-corrected chi connectivity index (χ4v) is 2.15. The number of morpholine rings is 1. The molecular weight excluding hydrogens is 206 g/mol. The zero-order chi connectivity index (χ0) is 11.4. The number of nitrogens with zero attached hydrogens (tertiary/aromatic N) is 1. The third-order valence-corrected chi connectivity index (χ3v) is 3.40. The van der Waals surface area contributed by atoms with Crippen molar-refractivity contribution in [2.75, 3.05) is 33.4 Å². The minimum Gasteiger partial charge on any atom is -0.469 e. The van der Waals surface area contributed by atoms with Crippen LogP contribution in [0.1, 0.15) is 25.7 Å². The lowest BCUT2D eigenvalue weighted by atomic mass is 10.2. The molecule has 2 aliphatic rings. The van der Waals surface area contributed by atoms with Crippen LogP contribution in [0.25, 0.3) is 0 Å². The zero-order valence-corrected chi connectivity index (χ0v) is 9.98. The van der Waals surface area contributed by atoms with Crippen LogP contribution in [0.5, 0.6) is 0 Å². The van der Waals surface area contributed by atoms with Crippen LogP contribution in [-0.4, -0.2) is 50.3 Å². The molecule has 92 valence electrons. The van der Waals surface area contributed by atoms with E-state index >= 15 is 0 Å². The fourth-order valence-electron chi connectivity index (χ4n) is 2.15. The van der Waals surface area contributed by atoms with Crippen LogP contribution >= 0.6 is 0 Å². The van der Waals surface area contributed by atoms with E-state index in [1.54, 1.807) is 0 Å². The molecule has 2 rings (SSSR count). The highest BCUT2D eigenvalue weighted by Crippen LogP contribution is 2.32. The Hall–Kier alpha value is -0.610. The van der Waals surface area contributed by atoms with Gasteiger partial charge < -0.3 is 9.47 Å². The van der Waals surface area contributed by atoms with E-state index in [1.165, 1.54) is 26.4 Å². The first kappa shape index (κ1) is 11.9. The molecule has 1 unspecified atom stereocenters. The lowest BCUT2D eigenvalue weighted by molar-refractivity contribution is -0.145. The van der Waals surface area contributed by atoms with Gasteiger partial charge in [-0.25, -0.2) is 0 Å². The van der Waals surface area contributed by atoms with Crippen molar-refractivity contribution in [2.45, 2.75) is 31.8 Å². The molecule has 0 spiro atoms. The Bertz CT molecular complexity index is 240. The van der Waals surface area contributed by atoms with Gasteiger partial charge in [0.1, 0.15) is 0 Å². The third-order valence-electron chi connectivity index (χ3n) is 3.40. The first-order valence-corrected chi connectivity index (χ1v) is 6.18. The molecule has 0 aromatic heterocycles. The van der Waals surface area contributed by atoms with Crippen molar-refractivity contribution in [1.29, 1.82) is 0 Å². The Labute approximate surface area is 96.9 Å². The van der Waals surface area contributed by atoms with Crippen molar-refractivity contribution in [3.63, 3.8) is 0 Å². The Morgan fingerprint density at radius 1 is 1.50 bits per heavy atom. The number of hydrogen-bond acceptors (Lipinski definition) is 4. The maximum Gasteiger partial charge on any atom is 0.308 e. The highest BCUT2D eigenvalue weighted by molar-refractivity contribution is 5.69. The number of esters is 1. The standard InChI is InChI=1S/C12H21NO3/c1-15-12(14)8-11-9-13(6-7-16-11)5-4-10-2-3-10/h10-11H,2-9H2,1H3. The average Bonchev–Trinajstić information content (AvgIpc) is 3.10. The molecule has 0 N–H and O–H groups in total. The molecule has 0 bridgehead atoms. The van der Waals surface area contributed by atoms with Crippen LogP contribution in [0.4, 0.5) is 0 Å². The summed E-state index contributed by atoms with van der Waals surface area (Å²) in [6.45, 7) is 3.78. The van der Waals surface area contributed by atoms with Gasteiger partial charge >= 0.3 is 5.97 Å². The van der Waals surface area contributed by atoms with E-state index in [1.807, 2.05) is 0 Å². The van der Waals surface area contributed by atoms with E-state index in [9.17, 15) is 4.79 Å². The maximum atomic E-state index is 11.1. The van der Waals surface area contributed by atoms with E-state index < -0.39 is 0 Å². The molecule has 1 saturated carbocycles. The zero-order valence-electron chi connectivity index (χ0n) is 9.98. The van der Waals surface area contributed by atoms with Gasteiger partial charge in [0.25, 0.3) is 0 Å². The second-order valence-corrected chi connectivity index (χ2v) is 4.81. The number of rotatable bonds is 5. The van der Waals surface area contributed by atoms with Crippen molar-refractivity contribution < 1.29 is 14.3 Å². The number of carbonyl (C=O) groups excluding carboxylic acids is 1. The van der Waals surface area contributed by atoms with Crippen molar-refractivity contribution in [1.82, 2.24) is 4.90 Å². The van der Waals surface area contributed by atoms with E-state index in [-0.39, 0.29) is 12.1 Å². The first-order valence-electron chi connectivity index (χ1n) is 6.18. The van der Waals surface area contributed by atoms with Crippen LogP contribution < -0.4 is 0 Å². The monoisotopic (exact) mass is 227 g/mol. The van der Waals surface area contributed by atoms with Crippen molar-refractivity contribution >= 4 is 5.97 Å². The SMILES string of the molecule is COC(=O)CC1CN(CCC2CC2)CCO1. The third kappa shape index (κ3) is 3.76. The molecule has 0 aromatic rings. The van der Waals surface area contributed by atoms with Crippen LogP contribution in [0.2, 0.25) is 0 Å². The largest absolute Gasteiger partial charge is 0.469 e. The maximum absolute atomic E-state index is 11.1. The summed E-state index contributed by atoms with van der Waals surface area (Å²) >= 11 is 0. The van der Waals surface area contributed by atoms with E-state index in [0.717, 1.165) is 32.2 Å². The highest BCUT2D eigenvalue weighted by Gasteiger charge is 2.26. The van der Waals surface area contributed by atoms with Crippen LogP contribution in [0.3, 0.4) is 0 Å². The van der Waals surface area contributed by atoms with E-state index in [4.69, 9.17) is 4.74 Å². The molecule has 1 atom stereocenters. The van der Waals surface area contributed by atoms with Gasteiger partial charge in [-0.2, -0.15) is 0 Å². The minimum atomic E-state index is -0.172. The predicted molar refractivity (Wildman–Crippen MR) is 60.2 cm³/mol. The molecule has 4 heteroatoms. The van der Waals surface area contributed by atoms with Crippen LogP contribution in [0.15, 0.2) is 0 Å². The van der Waals surface area contributed by atoms with E-state index in [0.29, 0.717) is 6.42 Å². The van der Waals surface area contributed by atoms with Crippen molar-refractivity contribution in [3.8, 4) is 0 Å². The molecule has 0 radical (unpaired) electrons. The molecule has 1 aliphatic heterocycles. The molecule has 1 saturated heterocycles. The van der Waals surface area contributed by atoms with Crippen molar-refractivity contribution in [2.24, 2.45) is 5.92 Å². The van der Waals surface area contributed by atoms with Gasteiger partial charge in [0, 0.05) is 13.1 Å². The highest BCUT2D eigenvalue weighted by atomic mass is 16.5. The summed E-state index contributed by atoms with van der Waals surface area (Å²) in [6, 6.07) is 0. The summed E-state index contributed by atoms with van der Waals surface area (Å²) < 4.78 is 10.2. The summed E-state index contributed by atoms with van der Waals surface area (Å²) in [7, 11) is 1.43. The Morgan fingerprint density at radius 3 is 3.00 bits per heavy atom. The molecule has 1 heterocycles. The van der Waals surface area contributed by atoms with Gasteiger partial charge in [0.15, 0.2) is 0 Å².